The maximum Gasteiger partial charge on any atom is 0.266 e. The third kappa shape index (κ3) is 3.76. The normalized spacial score (nSPS) is 11.1. The van der Waals surface area contributed by atoms with Crippen molar-refractivity contribution in [2.45, 2.75) is 16.3 Å². The molecule has 0 bridgehead atoms. The molecule has 0 unspecified atom stereocenters. The SMILES string of the molecule is NC(=O)c1c(Sc2ccccc2)c2cc(Cl)ccc2n1Cc1ccc(Cl)cc1. The summed E-state index contributed by atoms with van der Waals surface area (Å²) in [4.78, 5) is 14.3. The van der Waals surface area contributed by atoms with Gasteiger partial charge in [0.2, 0.25) is 0 Å². The number of amides is 1. The number of halogens is 2. The molecule has 140 valence electrons. The van der Waals surface area contributed by atoms with Crippen molar-refractivity contribution in [2.75, 3.05) is 0 Å². The van der Waals surface area contributed by atoms with Gasteiger partial charge < -0.3 is 10.3 Å². The molecular weight excluding hydrogens is 411 g/mol. The van der Waals surface area contributed by atoms with Crippen LogP contribution in [0.4, 0.5) is 0 Å². The van der Waals surface area contributed by atoms with Crippen LogP contribution in [0.5, 0.6) is 0 Å². The van der Waals surface area contributed by atoms with E-state index < -0.39 is 5.91 Å². The first-order chi connectivity index (χ1) is 13.5. The highest BCUT2D eigenvalue weighted by Crippen LogP contribution is 2.39. The molecule has 0 radical (unpaired) electrons. The molecule has 0 spiro atoms. The lowest BCUT2D eigenvalue weighted by molar-refractivity contribution is 0.0989. The quantitative estimate of drug-likeness (QED) is 0.410. The molecule has 0 aliphatic heterocycles. The lowest BCUT2D eigenvalue weighted by Crippen LogP contribution is -2.18. The number of hydrogen-bond acceptors (Lipinski definition) is 2. The molecule has 1 aromatic heterocycles. The van der Waals surface area contributed by atoms with E-state index in [1.54, 1.807) is 0 Å². The summed E-state index contributed by atoms with van der Waals surface area (Å²) in [5.74, 6) is -0.472. The molecule has 1 amide bonds. The Bertz CT molecular complexity index is 1150. The summed E-state index contributed by atoms with van der Waals surface area (Å²) in [5.41, 5.74) is 8.23. The predicted molar refractivity (Wildman–Crippen MR) is 117 cm³/mol. The Morgan fingerprint density at radius 3 is 2.29 bits per heavy atom. The molecule has 3 aromatic carbocycles. The van der Waals surface area contributed by atoms with Gasteiger partial charge in [-0.2, -0.15) is 0 Å². The number of hydrogen-bond donors (Lipinski definition) is 1. The average molecular weight is 427 g/mol. The number of carbonyl (C=O) groups excluding carboxylic acids is 1. The number of aromatic nitrogens is 1. The maximum atomic E-state index is 12.5. The monoisotopic (exact) mass is 426 g/mol. The summed E-state index contributed by atoms with van der Waals surface area (Å²) in [7, 11) is 0. The van der Waals surface area contributed by atoms with E-state index in [0.29, 0.717) is 22.3 Å². The van der Waals surface area contributed by atoms with Crippen LogP contribution in [0.15, 0.2) is 82.6 Å². The maximum absolute atomic E-state index is 12.5. The second kappa shape index (κ2) is 7.92. The van der Waals surface area contributed by atoms with Crippen molar-refractivity contribution < 1.29 is 4.79 Å². The minimum Gasteiger partial charge on any atom is -0.364 e. The van der Waals surface area contributed by atoms with Crippen molar-refractivity contribution in [3.63, 3.8) is 0 Å². The molecule has 6 heteroatoms. The Hall–Kier alpha value is -2.40. The van der Waals surface area contributed by atoms with Gasteiger partial charge in [0, 0.05) is 26.9 Å². The van der Waals surface area contributed by atoms with Gasteiger partial charge in [-0.3, -0.25) is 4.79 Å². The summed E-state index contributed by atoms with van der Waals surface area (Å²) in [6.45, 7) is 0.503. The largest absolute Gasteiger partial charge is 0.364 e. The van der Waals surface area contributed by atoms with E-state index in [1.165, 1.54) is 11.8 Å². The minimum atomic E-state index is -0.472. The van der Waals surface area contributed by atoms with Gasteiger partial charge in [-0.25, -0.2) is 0 Å². The van der Waals surface area contributed by atoms with Crippen LogP contribution in [0.3, 0.4) is 0 Å². The third-order valence-corrected chi connectivity index (χ3v) is 6.04. The topological polar surface area (TPSA) is 48.0 Å². The summed E-state index contributed by atoms with van der Waals surface area (Å²) in [5, 5.41) is 2.19. The lowest BCUT2D eigenvalue weighted by atomic mass is 10.2. The van der Waals surface area contributed by atoms with E-state index in [0.717, 1.165) is 26.3 Å². The molecule has 0 atom stereocenters. The van der Waals surface area contributed by atoms with E-state index in [1.807, 2.05) is 77.4 Å². The van der Waals surface area contributed by atoms with Crippen molar-refractivity contribution in [3.8, 4) is 0 Å². The highest BCUT2D eigenvalue weighted by molar-refractivity contribution is 7.99. The van der Waals surface area contributed by atoms with Crippen LogP contribution < -0.4 is 5.73 Å². The van der Waals surface area contributed by atoms with Crippen LogP contribution in [0.2, 0.25) is 10.0 Å². The highest BCUT2D eigenvalue weighted by Gasteiger charge is 2.22. The van der Waals surface area contributed by atoms with Crippen LogP contribution in [-0.4, -0.2) is 10.5 Å². The fourth-order valence-electron chi connectivity index (χ4n) is 3.19. The standard InChI is InChI=1S/C22H16Cl2N2OS/c23-15-8-6-14(7-9-15)13-26-19-11-10-16(24)12-18(19)21(20(26)22(25)27)28-17-4-2-1-3-5-17/h1-12H,13H2,(H2,25,27). The zero-order valence-electron chi connectivity index (χ0n) is 14.7. The Kier molecular flexibility index (Phi) is 5.36. The number of benzene rings is 3. The van der Waals surface area contributed by atoms with Crippen LogP contribution in [0.1, 0.15) is 16.1 Å². The Morgan fingerprint density at radius 1 is 0.929 bits per heavy atom. The van der Waals surface area contributed by atoms with Gasteiger partial charge in [0.05, 0.1) is 10.4 Å². The van der Waals surface area contributed by atoms with E-state index in [-0.39, 0.29) is 0 Å². The number of nitrogens with two attached hydrogens (primary N) is 1. The molecule has 2 N–H and O–H groups in total. The summed E-state index contributed by atoms with van der Waals surface area (Å²) in [6, 6.07) is 23.1. The van der Waals surface area contributed by atoms with Crippen LogP contribution in [0, 0.1) is 0 Å². The predicted octanol–water partition coefficient (Wildman–Crippen LogP) is 6.25. The number of fused-ring (bicyclic) bond motifs is 1. The zero-order valence-corrected chi connectivity index (χ0v) is 17.1. The van der Waals surface area contributed by atoms with E-state index in [2.05, 4.69) is 0 Å². The summed E-state index contributed by atoms with van der Waals surface area (Å²) in [6.07, 6.45) is 0. The average Bonchev–Trinajstić information content (AvgIpc) is 2.97. The molecule has 3 nitrogen and oxygen atoms in total. The van der Waals surface area contributed by atoms with Gasteiger partial charge in [0.25, 0.3) is 5.91 Å². The van der Waals surface area contributed by atoms with E-state index in [4.69, 9.17) is 28.9 Å². The smallest absolute Gasteiger partial charge is 0.266 e. The molecule has 0 aliphatic rings. The lowest BCUT2D eigenvalue weighted by Gasteiger charge is -2.10. The number of carbonyl (C=O) groups is 1. The third-order valence-electron chi connectivity index (χ3n) is 4.43. The Morgan fingerprint density at radius 2 is 1.61 bits per heavy atom. The van der Waals surface area contributed by atoms with Gasteiger partial charge in [-0.05, 0) is 48.0 Å². The van der Waals surface area contributed by atoms with E-state index in [9.17, 15) is 4.79 Å². The van der Waals surface area contributed by atoms with Crippen molar-refractivity contribution in [3.05, 3.63) is 94.1 Å². The molecule has 4 aromatic rings. The van der Waals surface area contributed by atoms with Gasteiger partial charge in [-0.1, -0.05) is 65.3 Å². The zero-order chi connectivity index (χ0) is 19.7. The first kappa shape index (κ1) is 18.9. The fourth-order valence-corrected chi connectivity index (χ4v) is 4.60. The van der Waals surface area contributed by atoms with Gasteiger partial charge in [-0.15, -0.1) is 0 Å². The molecule has 0 saturated carbocycles. The first-order valence-corrected chi connectivity index (χ1v) is 10.2. The first-order valence-electron chi connectivity index (χ1n) is 8.62. The van der Waals surface area contributed by atoms with Crippen molar-refractivity contribution >= 4 is 51.8 Å². The molecule has 0 saturated heterocycles. The van der Waals surface area contributed by atoms with Crippen molar-refractivity contribution in [2.24, 2.45) is 5.73 Å². The molecule has 0 fully saturated rings. The minimum absolute atomic E-state index is 0.472. The second-order valence-corrected chi connectivity index (χ2v) is 8.29. The Labute approximate surface area is 177 Å². The summed E-state index contributed by atoms with van der Waals surface area (Å²) >= 11 is 13.8. The second-order valence-electron chi connectivity index (χ2n) is 6.33. The van der Waals surface area contributed by atoms with Crippen LogP contribution in [-0.2, 0) is 6.54 Å². The molecular formula is C22H16Cl2N2OS. The van der Waals surface area contributed by atoms with Gasteiger partial charge in [0.1, 0.15) is 5.69 Å². The highest BCUT2D eigenvalue weighted by atomic mass is 35.5. The molecule has 1 heterocycles. The number of rotatable bonds is 5. The van der Waals surface area contributed by atoms with Crippen LogP contribution in [0.25, 0.3) is 10.9 Å². The summed E-state index contributed by atoms with van der Waals surface area (Å²) < 4.78 is 1.95. The fraction of sp³-hybridized carbons (Fsp3) is 0.0455. The molecule has 28 heavy (non-hydrogen) atoms. The number of nitrogens with zero attached hydrogens (tertiary/aromatic N) is 1. The van der Waals surface area contributed by atoms with Crippen molar-refractivity contribution in [1.29, 1.82) is 0 Å². The van der Waals surface area contributed by atoms with Crippen molar-refractivity contribution in [1.82, 2.24) is 4.57 Å². The number of primary amides is 1. The molecule has 0 aliphatic carbocycles. The van der Waals surface area contributed by atoms with Gasteiger partial charge >= 0.3 is 0 Å². The van der Waals surface area contributed by atoms with Crippen LogP contribution >= 0.6 is 35.0 Å². The van der Waals surface area contributed by atoms with E-state index >= 15 is 0 Å². The molecule has 4 rings (SSSR count). The Balaban J connectivity index is 1.91. The van der Waals surface area contributed by atoms with Gasteiger partial charge in [0.15, 0.2) is 0 Å².